The Morgan fingerprint density at radius 1 is 1.58 bits per heavy atom. The second-order valence-electron chi connectivity index (χ2n) is 4.64. The molecule has 0 aliphatic rings. The number of nitro groups is 1. The van der Waals surface area contributed by atoms with E-state index in [-0.39, 0.29) is 22.4 Å². The summed E-state index contributed by atoms with van der Waals surface area (Å²) < 4.78 is 13.4. The van der Waals surface area contributed by atoms with Gasteiger partial charge in [-0.2, -0.15) is 0 Å². The standard InChI is InChI=1S/C12H16BrFN2O3/c1-3-4-12(2,17)7-15-10-5-8(13)9(14)6-11(10)16(18)19/h5-6,15,17H,3-4,7H2,1-2H3. The number of nitrogens with one attached hydrogen (secondary N) is 1. The van der Waals surface area contributed by atoms with Crippen molar-refractivity contribution >= 4 is 27.3 Å². The van der Waals surface area contributed by atoms with E-state index in [0.717, 1.165) is 12.5 Å². The van der Waals surface area contributed by atoms with Crippen LogP contribution in [0.25, 0.3) is 0 Å². The van der Waals surface area contributed by atoms with Crippen molar-refractivity contribution in [3.8, 4) is 0 Å². The van der Waals surface area contributed by atoms with Gasteiger partial charge in [0.25, 0.3) is 5.69 Å². The van der Waals surface area contributed by atoms with Gasteiger partial charge in [0, 0.05) is 6.54 Å². The number of rotatable bonds is 6. The maximum atomic E-state index is 13.3. The number of hydrogen-bond donors (Lipinski definition) is 2. The average Bonchev–Trinajstić information content (AvgIpc) is 2.30. The summed E-state index contributed by atoms with van der Waals surface area (Å²) in [6, 6.07) is 2.15. The van der Waals surface area contributed by atoms with E-state index in [1.165, 1.54) is 6.07 Å². The molecule has 7 heteroatoms. The van der Waals surface area contributed by atoms with Crippen LogP contribution in [0.2, 0.25) is 0 Å². The molecule has 1 aromatic rings. The Bertz CT molecular complexity index is 480. The molecule has 1 rings (SSSR count). The minimum atomic E-state index is -0.969. The maximum Gasteiger partial charge on any atom is 0.295 e. The summed E-state index contributed by atoms with van der Waals surface area (Å²) in [4.78, 5) is 10.2. The van der Waals surface area contributed by atoms with Crippen molar-refractivity contribution < 1.29 is 14.4 Å². The summed E-state index contributed by atoms with van der Waals surface area (Å²) in [7, 11) is 0. The van der Waals surface area contributed by atoms with Crippen molar-refractivity contribution in [3.63, 3.8) is 0 Å². The molecule has 0 fully saturated rings. The normalized spacial score (nSPS) is 13.9. The van der Waals surface area contributed by atoms with E-state index < -0.39 is 16.3 Å². The summed E-state index contributed by atoms with van der Waals surface area (Å²) in [6.07, 6.45) is 1.36. The lowest BCUT2D eigenvalue weighted by Crippen LogP contribution is -2.33. The molecule has 19 heavy (non-hydrogen) atoms. The first-order chi connectivity index (χ1) is 8.76. The molecule has 0 heterocycles. The Balaban J connectivity index is 2.94. The first kappa shape index (κ1) is 15.8. The van der Waals surface area contributed by atoms with Crippen LogP contribution in [-0.4, -0.2) is 22.2 Å². The second kappa shape index (κ2) is 6.29. The summed E-state index contributed by atoms with van der Waals surface area (Å²) in [6.45, 7) is 3.74. The Morgan fingerprint density at radius 2 is 2.21 bits per heavy atom. The minimum absolute atomic E-state index is 0.135. The summed E-state index contributed by atoms with van der Waals surface area (Å²) in [5.41, 5.74) is -1.15. The zero-order valence-corrected chi connectivity index (χ0v) is 12.3. The van der Waals surface area contributed by atoms with Crippen LogP contribution in [0.4, 0.5) is 15.8 Å². The molecule has 106 valence electrons. The molecule has 0 amide bonds. The smallest absolute Gasteiger partial charge is 0.295 e. The number of hydrogen-bond acceptors (Lipinski definition) is 4. The first-order valence-corrected chi connectivity index (χ1v) is 6.66. The van der Waals surface area contributed by atoms with Gasteiger partial charge in [-0.05, 0) is 35.3 Å². The number of anilines is 1. The third-order valence-corrected chi connectivity index (χ3v) is 3.29. The van der Waals surface area contributed by atoms with E-state index in [9.17, 15) is 19.6 Å². The molecule has 1 atom stereocenters. The van der Waals surface area contributed by atoms with Crippen molar-refractivity contribution in [1.82, 2.24) is 0 Å². The van der Waals surface area contributed by atoms with Crippen molar-refractivity contribution in [1.29, 1.82) is 0 Å². The Hall–Kier alpha value is -1.21. The van der Waals surface area contributed by atoms with Crippen LogP contribution in [0.15, 0.2) is 16.6 Å². The molecule has 1 unspecified atom stereocenters. The fraction of sp³-hybridized carbons (Fsp3) is 0.500. The van der Waals surface area contributed by atoms with Crippen LogP contribution in [0.1, 0.15) is 26.7 Å². The van der Waals surface area contributed by atoms with Crippen molar-refractivity contribution in [2.24, 2.45) is 0 Å². The molecule has 0 spiro atoms. The average molecular weight is 335 g/mol. The van der Waals surface area contributed by atoms with Gasteiger partial charge >= 0.3 is 0 Å². The molecular weight excluding hydrogens is 319 g/mol. The van der Waals surface area contributed by atoms with Gasteiger partial charge in [-0.1, -0.05) is 13.3 Å². The van der Waals surface area contributed by atoms with E-state index in [4.69, 9.17) is 0 Å². The van der Waals surface area contributed by atoms with E-state index in [2.05, 4.69) is 21.2 Å². The zero-order chi connectivity index (χ0) is 14.6. The third-order valence-electron chi connectivity index (χ3n) is 2.68. The summed E-state index contributed by atoms with van der Waals surface area (Å²) in [5, 5.41) is 23.7. The molecule has 0 saturated carbocycles. The van der Waals surface area contributed by atoms with Crippen molar-refractivity contribution in [3.05, 3.63) is 32.5 Å². The van der Waals surface area contributed by atoms with Crippen molar-refractivity contribution in [2.75, 3.05) is 11.9 Å². The second-order valence-corrected chi connectivity index (χ2v) is 5.50. The van der Waals surface area contributed by atoms with Gasteiger partial charge in [0.05, 0.1) is 21.1 Å². The van der Waals surface area contributed by atoms with Gasteiger partial charge < -0.3 is 10.4 Å². The highest BCUT2D eigenvalue weighted by molar-refractivity contribution is 9.10. The molecule has 2 N–H and O–H groups in total. The monoisotopic (exact) mass is 334 g/mol. The van der Waals surface area contributed by atoms with Crippen molar-refractivity contribution in [2.45, 2.75) is 32.3 Å². The third kappa shape index (κ3) is 4.43. The Kier molecular flexibility index (Phi) is 5.25. The fourth-order valence-electron chi connectivity index (χ4n) is 1.74. The summed E-state index contributed by atoms with van der Waals surface area (Å²) in [5.74, 6) is -0.697. The van der Waals surface area contributed by atoms with Gasteiger partial charge in [0.15, 0.2) is 0 Å². The molecular formula is C12H16BrFN2O3. The molecule has 0 radical (unpaired) electrons. The van der Waals surface area contributed by atoms with E-state index in [1.807, 2.05) is 6.92 Å². The predicted octanol–water partition coefficient (Wildman–Crippen LogP) is 3.46. The van der Waals surface area contributed by atoms with Gasteiger partial charge in [-0.25, -0.2) is 4.39 Å². The van der Waals surface area contributed by atoms with Crippen LogP contribution in [0, 0.1) is 15.9 Å². The summed E-state index contributed by atoms with van der Waals surface area (Å²) >= 11 is 2.98. The molecule has 0 aromatic heterocycles. The number of benzene rings is 1. The van der Waals surface area contributed by atoms with E-state index in [0.29, 0.717) is 6.42 Å². The molecule has 0 aliphatic carbocycles. The lowest BCUT2D eigenvalue weighted by Gasteiger charge is -2.23. The largest absolute Gasteiger partial charge is 0.388 e. The van der Waals surface area contributed by atoms with Crippen LogP contribution in [0.3, 0.4) is 0 Å². The zero-order valence-electron chi connectivity index (χ0n) is 10.7. The van der Waals surface area contributed by atoms with E-state index >= 15 is 0 Å². The Labute approximate surface area is 119 Å². The minimum Gasteiger partial charge on any atom is -0.388 e. The highest BCUT2D eigenvalue weighted by Crippen LogP contribution is 2.31. The fourth-order valence-corrected chi connectivity index (χ4v) is 2.08. The maximum absolute atomic E-state index is 13.3. The predicted molar refractivity (Wildman–Crippen MR) is 74.8 cm³/mol. The molecule has 5 nitrogen and oxygen atoms in total. The topological polar surface area (TPSA) is 75.4 Å². The van der Waals surface area contributed by atoms with Gasteiger partial charge in [0.1, 0.15) is 11.5 Å². The highest BCUT2D eigenvalue weighted by atomic mass is 79.9. The van der Waals surface area contributed by atoms with E-state index in [1.54, 1.807) is 6.92 Å². The number of halogens is 2. The highest BCUT2D eigenvalue weighted by Gasteiger charge is 2.22. The Morgan fingerprint density at radius 3 is 2.74 bits per heavy atom. The molecule has 1 aromatic carbocycles. The lowest BCUT2D eigenvalue weighted by molar-refractivity contribution is -0.384. The number of aliphatic hydroxyl groups is 1. The lowest BCUT2D eigenvalue weighted by atomic mass is 10.0. The molecule has 0 aliphatic heterocycles. The number of nitro benzene ring substituents is 1. The van der Waals surface area contributed by atoms with Crippen LogP contribution < -0.4 is 5.32 Å². The SMILES string of the molecule is CCCC(C)(O)CNc1cc(Br)c(F)cc1[N+](=O)[O-]. The van der Waals surface area contributed by atoms with Crippen LogP contribution in [0.5, 0.6) is 0 Å². The quantitative estimate of drug-likeness (QED) is 0.617. The van der Waals surface area contributed by atoms with Crippen LogP contribution in [-0.2, 0) is 0 Å². The van der Waals surface area contributed by atoms with Gasteiger partial charge in [-0.15, -0.1) is 0 Å². The molecule has 0 bridgehead atoms. The molecule has 0 saturated heterocycles. The van der Waals surface area contributed by atoms with Crippen LogP contribution >= 0.6 is 15.9 Å². The van der Waals surface area contributed by atoms with Gasteiger partial charge in [0.2, 0.25) is 0 Å². The first-order valence-electron chi connectivity index (χ1n) is 5.86. The number of nitrogens with zero attached hydrogens (tertiary/aromatic N) is 1. The van der Waals surface area contributed by atoms with Gasteiger partial charge in [-0.3, -0.25) is 10.1 Å².